The lowest BCUT2D eigenvalue weighted by Crippen LogP contribution is -2.55. The van der Waals surface area contributed by atoms with E-state index < -0.39 is 36.5 Å². The molecule has 9 heteroatoms. The minimum absolute atomic E-state index is 0.557. The molecule has 0 fully saturated rings. The molecule has 0 spiro atoms. The number of halogens is 7. The molecule has 0 amide bonds. The Hall–Kier alpha value is -1.02. The molecule has 0 saturated carbocycles. The molecule has 0 radical (unpaired) electrons. The first-order valence-corrected chi connectivity index (χ1v) is 4.29. The molecule has 0 aliphatic heterocycles. The summed E-state index contributed by atoms with van der Waals surface area (Å²) in [6, 6.07) is 0. The Balaban J connectivity index is 4.98. The highest BCUT2D eigenvalue weighted by atomic mass is 19.3. The number of hydrogen-bond acceptors (Lipinski definition) is 2. The van der Waals surface area contributed by atoms with Gasteiger partial charge in [-0.1, -0.05) is 0 Å². The van der Waals surface area contributed by atoms with E-state index in [0.29, 0.717) is 6.92 Å². The lowest BCUT2D eigenvalue weighted by atomic mass is 10.0. The molecule has 0 N–H and O–H groups in total. The molecule has 0 aromatic heterocycles. The van der Waals surface area contributed by atoms with Gasteiger partial charge in [-0.25, -0.2) is 13.2 Å². The van der Waals surface area contributed by atoms with Gasteiger partial charge in [0.25, 0.3) is 0 Å². The van der Waals surface area contributed by atoms with E-state index in [-0.39, 0.29) is 0 Å². The summed E-state index contributed by atoms with van der Waals surface area (Å²) in [6.45, 7) is 1.29. The van der Waals surface area contributed by atoms with Crippen LogP contribution < -0.4 is 0 Å². The fourth-order valence-electron chi connectivity index (χ4n) is 0.946. The van der Waals surface area contributed by atoms with E-state index in [9.17, 15) is 35.5 Å². The fraction of sp³-hybridized carbons (Fsp3) is 0.875. The summed E-state index contributed by atoms with van der Waals surface area (Å²) in [5.41, 5.74) is 0. The van der Waals surface area contributed by atoms with Gasteiger partial charge in [-0.2, -0.15) is 17.6 Å². The van der Waals surface area contributed by atoms with Crippen molar-refractivity contribution in [3.8, 4) is 0 Å². The minimum atomic E-state index is -5.85. The Labute approximate surface area is 91.7 Å². The highest BCUT2D eigenvalue weighted by Gasteiger charge is 2.68. The Morgan fingerprint density at radius 1 is 1.06 bits per heavy atom. The molecule has 2 nitrogen and oxygen atoms in total. The summed E-state index contributed by atoms with van der Waals surface area (Å²) in [5.74, 6) is -12.7. The molecule has 2 atom stereocenters. The van der Waals surface area contributed by atoms with E-state index in [2.05, 4.69) is 4.74 Å². The number of hydrogen-bond donors (Lipinski definition) is 0. The molecule has 0 heterocycles. The van der Waals surface area contributed by atoms with Crippen molar-refractivity contribution in [1.82, 2.24) is 0 Å². The third kappa shape index (κ3) is 3.22. The SMILES string of the molecule is CC(=O)OC(C)C(F)C(F)(F)C(F)(F)C(F)F. The zero-order chi connectivity index (χ0) is 14.0. The van der Waals surface area contributed by atoms with E-state index >= 15 is 0 Å². The van der Waals surface area contributed by atoms with Gasteiger partial charge >= 0.3 is 24.2 Å². The molecular weight excluding hydrogens is 261 g/mol. The van der Waals surface area contributed by atoms with E-state index in [0.717, 1.165) is 6.92 Å². The van der Waals surface area contributed by atoms with Crippen LogP contribution in [-0.4, -0.2) is 36.5 Å². The van der Waals surface area contributed by atoms with Gasteiger partial charge in [-0.15, -0.1) is 0 Å². The summed E-state index contributed by atoms with van der Waals surface area (Å²) in [5, 5.41) is 0. The fourth-order valence-corrected chi connectivity index (χ4v) is 0.946. The maximum atomic E-state index is 12.9. The van der Waals surface area contributed by atoms with Gasteiger partial charge in [0, 0.05) is 6.92 Å². The number of carbonyl (C=O) groups excluding carboxylic acids is 1. The van der Waals surface area contributed by atoms with Crippen molar-refractivity contribution >= 4 is 5.97 Å². The number of esters is 1. The Morgan fingerprint density at radius 3 is 1.76 bits per heavy atom. The van der Waals surface area contributed by atoms with Crippen LogP contribution in [-0.2, 0) is 9.53 Å². The normalized spacial score (nSPS) is 16.8. The second kappa shape index (κ2) is 5.09. The van der Waals surface area contributed by atoms with Crippen LogP contribution >= 0.6 is 0 Å². The quantitative estimate of drug-likeness (QED) is 0.567. The Kier molecular flexibility index (Phi) is 4.79. The first kappa shape index (κ1) is 16.0. The first-order chi connectivity index (χ1) is 7.44. The molecule has 0 aromatic rings. The minimum Gasteiger partial charge on any atom is -0.460 e. The van der Waals surface area contributed by atoms with E-state index in [1.165, 1.54) is 0 Å². The number of ether oxygens (including phenoxy) is 1. The van der Waals surface area contributed by atoms with Crippen molar-refractivity contribution in [2.45, 2.75) is 44.4 Å². The molecule has 0 rings (SSSR count). The van der Waals surface area contributed by atoms with Crippen molar-refractivity contribution in [2.75, 3.05) is 0 Å². The van der Waals surface area contributed by atoms with Crippen LogP contribution in [0.2, 0.25) is 0 Å². The molecule has 0 aromatic carbocycles. The second-order valence-electron chi connectivity index (χ2n) is 3.26. The van der Waals surface area contributed by atoms with Crippen LogP contribution in [0.4, 0.5) is 30.7 Å². The number of rotatable bonds is 5. The molecule has 0 bridgehead atoms. The van der Waals surface area contributed by atoms with Crippen molar-refractivity contribution < 1.29 is 40.3 Å². The highest BCUT2D eigenvalue weighted by molar-refractivity contribution is 5.66. The van der Waals surface area contributed by atoms with Crippen LogP contribution in [0.25, 0.3) is 0 Å². The predicted octanol–water partition coefficient (Wildman–Crippen LogP) is 2.81. The van der Waals surface area contributed by atoms with Crippen molar-refractivity contribution in [2.24, 2.45) is 0 Å². The van der Waals surface area contributed by atoms with Gasteiger partial charge in [-0.05, 0) is 6.92 Å². The zero-order valence-electron chi connectivity index (χ0n) is 8.69. The Morgan fingerprint density at radius 2 is 1.47 bits per heavy atom. The predicted molar refractivity (Wildman–Crippen MR) is 42.0 cm³/mol. The topological polar surface area (TPSA) is 26.3 Å². The summed E-state index contributed by atoms with van der Waals surface area (Å²) < 4.78 is 90.5. The van der Waals surface area contributed by atoms with Gasteiger partial charge in [0.1, 0.15) is 6.10 Å². The molecule has 102 valence electrons. The maximum absolute atomic E-state index is 12.9. The highest BCUT2D eigenvalue weighted by Crippen LogP contribution is 2.43. The molecule has 0 saturated heterocycles. The third-order valence-corrected chi connectivity index (χ3v) is 1.83. The first-order valence-electron chi connectivity index (χ1n) is 4.29. The standard InChI is InChI=1S/C8H9F7O2/c1-3(17-4(2)16)5(9)7(12,13)8(14,15)6(10)11/h3,5-6H,1-2H3. The van der Waals surface area contributed by atoms with Crippen LogP contribution in [0.3, 0.4) is 0 Å². The van der Waals surface area contributed by atoms with Crippen LogP contribution in [0.1, 0.15) is 13.8 Å². The summed E-state index contributed by atoms with van der Waals surface area (Å²) in [6.07, 6.45) is -10.7. The van der Waals surface area contributed by atoms with Crippen LogP contribution in [0, 0.1) is 0 Å². The summed E-state index contributed by atoms with van der Waals surface area (Å²) in [4.78, 5) is 10.3. The lowest BCUT2D eigenvalue weighted by Gasteiger charge is -2.30. The molecular formula is C8H9F7O2. The average molecular weight is 270 g/mol. The summed E-state index contributed by atoms with van der Waals surface area (Å²) in [7, 11) is 0. The van der Waals surface area contributed by atoms with Crippen LogP contribution in [0.15, 0.2) is 0 Å². The van der Waals surface area contributed by atoms with Gasteiger partial charge in [0.2, 0.25) is 6.17 Å². The average Bonchev–Trinajstić information content (AvgIpc) is 2.14. The van der Waals surface area contributed by atoms with E-state index in [1.807, 2.05) is 0 Å². The van der Waals surface area contributed by atoms with Gasteiger partial charge in [0.05, 0.1) is 0 Å². The molecule has 0 aliphatic rings. The largest absolute Gasteiger partial charge is 0.460 e. The van der Waals surface area contributed by atoms with E-state index in [4.69, 9.17) is 0 Å². The number of carbonyl (C=O) groups is 1. The Bertz CT molecular complexity index is 279. The van der Waals surface area contributed by atoms with Gasteiger partial charge in [-0.3, -0.25) is 4.79 Å². The van der Waals surface area contributed by atoms with Gasteiger partial charge in [0.15, 0.2) is 0 Å². The zero-order valence-corrected chi connectivity index (χ0v) is 8.69. The molecule has 2 unspecified atom stereocenters. The van der Waals surface area contributed by atoms with E-state index in [1.54, 1.807) is 0 Å². The second-order valence-corrected chi connectivity index (χ2v) is 3.26. The van der Waals surface area contributed by atoms with Crippen molar-refractivity contribution in [1.29, 1.82) is 0 Å². The lowest BCUT2D eigenvalue weighted by molar-refractivity contribution is -0.294. The maximum Gasteiger partial charge on any atom is 0.372 e. The molecule has 17 heavy (non-hydrogen) atoms. The van der Waals surface area contributed by atoms with Crippen molar-refractivity contribution in [3.05, 3.63) is 0 Å². The monoisotopic (exact) mass is 270 g/mol. The van der Waals surface area contributed by atoms with Gasteiger partial charge < -0.3 is 4.74 Å². The number of alkyl halides is 7. The summed E-state index contributed by atoms with van der Waals surface area (Å²) >= 11 is 0. The van der Waals surface area contributed by atoms with Crippen molar-refractivity contribution in [3.63, 3.8) is 0 Å². The molecule has 0 aliphatic carbocycles. The third-order valence-electron chi connectivity index (χ3n) is 1.83. The smallest absolute Gasteiger partial charge is 0.372 e. The van der Waals surface area contributed by atoms with Crippen LogP contribution in [0.5, 0.6) is 0 Å².